The Morgan fingerprint density at radius 3 is 2.20 bits per heavy atom. The second kappa shape index (κ2) is 16.7. The summed E-state index contributed by atoms with van der Waals surface area (Å²) in [5, 5.41) is 5.40. The van der Waals surface area contributed by atoms with Gasteiger partial charge in [0.2, 0.25) is 5.91 Å². The summed E-state index contributed by atoms with van der Waals surface area (Å²) in [4.78, 5) is 72.5. The molecule has 4 aromatic carbocycles. The average Bonchev–Trinajstić information content (AvgIpc) is 4.21. The molecule has 3 fully saturated rings. The Labute approximate surface area is 379 Å². The van der Waals surface area contributed by atoms with E-state index in [9.17, 15) is 19.2 Å². The number of hydrogen-bond donors (Lipinski definition) is 4. The molecule has 66 heavy (non-hydrogen) atoms. The number of rotatable bonds is 10. The number of H-pyrrole nitrogens is 2. The molecule has 1 unspecified atom stereocenters. The highest BCUT2D eigenvalue weighted by Gasteiger charge is 2.52. The molecule has 2 saturated heterocycles. The van der Waals surface area contributed by atoms with Crippen LogP contribution >= 0.6 is 0 Å². The topological polar surface area (TPSA) is 175 Å². The van der Waals surface area contributed by atoms with Crippen molar-refractivity contribution in [2.75, 3.05) is 20.8 Å². The van der Waals surface area contributed by atoms with Gasteiger partial charge in [-0.25, -0.2) is 19.6 Å². The number of amides is 4. The number of aromatic amines is 2. The van der Waals surface area contributed by atoms with Crippen LogP contribution in [0.3, 0.4) is 0 Å². The third-order valence-electron chi connectivity index (χ3n) is 13.9. The number of imidazole rings is 2. The summed E-state index contributed by atoms with van der Waals surface area (Å²) in [5.74, 6) is -2.58. The van der Waals surface area contributed by atoms with Gasteiger partial charge < -0.3 is 39.9 Å². The number of carbonyl (C=O) groups excluding carboxylic acids is 4. The fraction of sp³-hybridized carbons (Fsp3) is 0.360. The molecule has 16 heteroatoms. The molecule has 2 aliphatic heterocycles. The van der Waals surface area contributed by atoms with Crippen LogP contribution in [-0.2, 0) is 25.0 Å². The first kappa shape index (κ1) is 42.8. The Bertz CT molecular complexity index is 2880. The molecule has 340 valence electrons. The molecule has 2 aliphatic carbocycles. The number of carbonyl (C=O) groups is 4. The van der Waals surface area contributed by atoms with Crippen molar-refractivity contribution in [3.8, 4) is 33.5 Å². The van der Waals surface area contributed by atoms with E-state index in [0.29, 0.717) is 69.2 Å². The summed E-state index contributed by atoms with van der Waals surface area (Å²) in [5.41, 5.74) is 5.19. The van der Waals surface area contributed by atoms with Gasteiger partial charge in [-0.05, 0) is 96.0 Å². The Hall–Kier alpha value is -7.10. The maximum absolute atomic E-state index is 16.6. The standard InChI is InChI=1S/C50H50F2N8O6/c1-26(2)41(57-48(63)65-3)46(61)59-20-8-11-40(59)44-53-25-39(56-44)30-14-18-34-33-17-13-28(22-35(33)50(51,52)36(34)23-30)29-15-19-37-38(24-29)55-45(54-37)43-31-12-16-32(21-31)60(43)47(62)42(58-49(64)66-4)27-9-6-5-7-10-27/h5-7,9-10,13-15,17-19,22-26,31-32,40-43H,8,11-12,16,20-21H2,1-4H3,(H,53,56)(H,54,55)(H,57,63)(H,58,64)/t31-,32+,40-,41?,42+,43-/m0/s1. The van der Waals surface area contributed by atoms with Gasteiger partial charge in [0, 0.05) is 29.3 Å². The Morgan fingerprint density at radius 1 is 0.788 bits per heavy atom. The van der Waals surface area contributed by atoms with E-state index in [2.05, 4.69) is 25.6 Å². The monoisotopic (exact) mass is 896 g/mol. The number of fused-ring (bicyclic) bond motifs is 6. The molecule has 2 bridgehead atoms. The summed E-state index contributed by atoms with van der Waals surface area (Å²) in [6.45, 7) is 4.19. The van der Waals surface area contributed by atoms with Gasteiger partial charge in [-0.15, -0.1) is 0 Å². The smallest absolute Gasteiger partial charge is 0.407 e. The normalized spacial score (nSPS) is 21.1. The lowest BCUT2D eigenvalue weighted by Gasteiger charge is -2.36. The molecule has 6 aromatic rings. The van der Waals surface area contributed by atoms with Gasteiger partial charge in [-0.2, -0.15) is 8.78 Å². The van der Waals surface area contributed by atoms with Crippen LogP contribution in [0.25, 0.3) is 44.5 Å². The highest BCUT2D eigenvalue weighted by molar-refractivity contribution is 5.90. The van der Waals surface area contributed by atoms with Crippen molar-refractivity contribution in [2.24, 2.45) is 11.8 Å². The van der Waals surface area contributed by atoms with E-state index in [0.717, 1.165) is 31.2 Å². The van der Waals surface area contributed by atoms with Gasteiger partial charge in [-0.3, -0.25) is 9.59 Å². The number of hydrogen-bond acceptors (Lipinski definition) is 8. The first-order chi connectivity index (χ1) is 31.8. The van der Waals surface area contributed by atoms with Crippen molar-refractivity contribution >= 4 is 35.0 Å². The molecule has 4 N–H and O–H groups in total. The summed E-state index contributed by atoms with van der Waals surface area (Å²) in [6, 6.07) is 22.5. The van der Waals surface area contributed by atoms with Crippen LogP contribution in [0.1, 0.15) is 92.4 Å². The predicted octanol–water partition coefficient (Wildman–Crippen LogP) is 8.93. The SMILES string of the molecule is COC(=O)NC(C(=O)N1CCC[C@H]1c1ncc(-c2ccc3c(c2)C(F)(F)c2cc(-c4ccc5nc([C@@H]6[C@H]7CC[C@H](C7)N6C(=O)[C@H](NC(=O)OC)c6ccccc6)[nH]c5c4)ccc2-3)[nH]1)C(C)C. The predicted molar refractivity (Wildman–Crippen MR) is 241 cm³/mol. The quantitative estimate of drug-likeness (QED) is 0.105. The number of methoxy groups -OCH3 is 2. The fourth-order valence-corrected chi connectivity index (χ4v) is 10.7. The minimum atomic E-state index is -3.30. The van der Waals surface area contributed by atoms with Crippen molar-refractivity contribution in [1.82, 2.24) is 40.4 Å². The maximum Gasteiger partial charge on any atom is 0.407 e. The molecule has 0 spiro atoms. The van der Waals surface area contributed by atoms with E-state index in [4.69, 9.17) is 14.5 Å². The van der Waals surface area contributed by atoms with E-state index in [-0.39, 0.29) is 52.9 Å². The molecule has 10 rings (SSSR count). The fourth-order valence-electron chi connectivity index (χ4n) is 10.7. The van der Waals surface area contributed by atoms with Gasteiger partial charge in [0.05, 0.1) is 49.2 Å². The van der Waals surface area contributed by atoms with Gasteiger partial charge in [0.15, 0.2) is 0 Å². The summed E-state index contributed by atoms with van der Waals surface area (Å²) in [6.07, 6.45) is 4.25. The Kier molecular flexibility index (Phi) is 10.8. The van der Waals surface area contributed by atoms with E-state index < -0.39 is 30.2 Å². The van der Waals surface area contributed by atoms with Gasteiger partial charge in [-0.1, -0.05) is 74.5 Å². The van der Waals surface area contributed by atoms with Crippen LogP contribution in [0.15, 0.2) is 91.1 Å². The van der Waals surface area contributed by atoms with Crippen molar-refractivity contribution in [2.45, 2.75) is 82.1 Å². The summed E-state index contributed by atoms with van der Waals surface area (Å²) >= 11 is 0. The van der Waals surface area contributed by atoms with E-state index in [1.165, 1.54) is 20.3 Å². The number of likely N-dealkylation sites (tertiary alicyclic amines) is 2. The average molecular weight is 897 g/mol. The second-order valence-electron chi connectivity index (χ2n) is 18.1. The zero-order chi connectivity index (χ0) is 46.0. The highest BCUT2D eigenvalue weighted by Crippen LogP contribution is 2.53. The van der Waals surface area contributed by atoms with Crippen molar-refractivity contribution in [3.63, 3.8) is 0 Å². The minimum Gasteiger partial charge on any atom is -0.453 e. The number of benzene rings is 4. The molecule has 2 aromatic heterocycles. The highest BCUT2D eigenvalue weighted by atomic mass is 19.3. The molecular formula is C50H50F2N8O6. The number of nitrogens with one attached hydrogen (secondary N) is 4. The number of nitrogens with zero attached hydrogens (tertiary/aromatic N) is 4. The first-order valence-electron chi connectivity index (χ1n) is 22.4. The van der Waals surface area contributed by atoms with Crippen molar-refractivity contribution < 1.29 is 37.4 Å². The third kappa shape index (κ3) is 7.32. The molecule has 4 aliphatic rings. The maximum atomic E-state index is 16.6. The summed E-state index contributed by atoms with van der Waals surface area (Å²) < 4.78 is 42.9. The van der Waals surface area contributed by atoms with Crippen LogP contribution in [-0.4, -0.2) is 86.6 Å². The molecule has 6 atom stereocenters. The van der Waals surface area contributed by atoms with E-state index in [1.54, 1.807) is 47.5 Å². The van der Waals surface area contributed by atoms with Crippen LogP contribution in [0, 0.1) is 11.8 Å². The minimum absolute atomic E-state index is 0.00539. The lowest BCUT2D eigenvalue weighted by atomic mass is 9.96. The largest absolute Gasteiger partial charge is 0.453 e. The molecule has 1 saturated carbocycles. The van der Waals surface area contributed by atoms with Gasteiger partial charge in [0.1, 0.15) is 23.7 Å². The first-order valence-corrected chi connectivity index (χ1v) is 22.4. The molecule has 4 heterocycles. The lowest BCUT2D eigenvalue weighted by Crippen LogP contribution is -2.51. The lowest BCUT2D eigenvalue weighted by molar-refractivity contribution is -0.138. The summed E-state index contributed by atoms with van der Waals surface area (Å²) in [7, 11) is 2.52. The number of aromatic nitrogens is 4. The molecule has 0 radical (unpaired) electrons. The Morgan fingerprint density at radius 2 is 1.47 bits per heavy atom. The van der Waals surface area contributed by atoms with Crippen LogP contribution < -0.4 is 10.6 Å². The van der Waals surface area contributed by atoms with Crippen LogP contribution in [0.5, 0.6) is 0 Å². The molecule has 14 nitrogen and oxygen atoms in total. The van der Waals surface area contributed by atoms with Crippen LogP contribution in [0.4, 0.5) is 18.4 Å². The zero-order valence-electron chi connectivity index (χ0n) is 36.9. The zero-order valence-corrected chi connectivity index (χ0v) is 36.9. The third-order valence-corrected chi connectivity index (χ3v) is 13.9. The number of ether oxygens (including phenoxy) is 2. The van der Waals surface area contributed by atoms with E-state index in [1.807, 2.05) is 61.2 Å². The number of alkyl halides is 2. The van der Waals surface area contributed by atoms with Gasteiger partial charge >= 0.3 is 12.2 Å². The number of piperidine rings is 1. The van der Waals surface area contributed by atoms with E-state index >= 15 is 8.78 Å². The van der Waals surface area contributed by atoms with Gasteiger partial charge in [0.25, 0.3) is 11.8 Å². The number of halogens is 2. The molecule has 4 amide bonds. The van der Waals surface area contributed by atoms with Crippen molar-refractivity contribution in [1.29, 1.82) is 0 Å². The van der Waals surface area contributed by atoms with Crippen LogP contribution in [0.2, 0.25) is 0 Å². The van der Waals surface area contributed by atoms with Crippen molar-refractivity contribution in [3.05, 3.63) is 119 Å². The number of alkyl carbamates (subject to hydrolysis) is 2. The Balaban J connectivity index is 0.892. The molecular weight excluding hydrogens is 847 g/mol. The second-order valence-corrected chi connectivity index (χ2v) is 18.1.